The van der Waals surface area contributed by atoms with E-state index in [0.29, 0.717) is 12.2 Å². The summed E-state index contributed by atoms with van der Waals surface area (Å²) in [5.74, 6) is 0.944. The fourth-order valence-electron chi connectivity index (χ4n) is 3.22. The van der Waals surface area contributed by atoms with Crippen molar-refractivity contribution in [2.75, 3.05) is 30.8 Å². The van der Waals surface area contributed by atoms with Crippen LogP contribution in [0.1, 0.15) is 38.4 Å². The Labute approximate surface area is 165 Å². The third-order valence-corrected chi connectivity index (χ3v) is 4.94. The van der Waals surface area contributed by atoms with Gasteiger partial charge in [0.15, 0.2) is 0 Å². The number of nitrogens with zero attached hydrogens (tertiary/aromatic N) is 5. The zero-order valence-corrected chi connectivity index (χ0v) is 17.4. The van der Waals surface area contributed by atoms with Crippen molar-refractivity contribution in [1.29, 1.82) is 0 Å². The molecule has 9 heteroatoms. The summed E-state index contributed by atoms with van der Waals surface area (Å²) in [5, 5.41) is 7.31. The van der Waals surface area contributed by atoms with Crippen LogP contribution in [0, 0.1) is 13.8 Å². The fraction of sp³-hybridized carbons (Fsp3) is 0.579. The lowest BCUT2D eigenvalue weighted by Crippen LogP contribution is -2.42. The summed E-state index contributed by atoms with van der Waals surface area (Å²) in [7, 11) is 1.78. The number of aromatic amines is 1. The average Bonchev–Trinajstić information content (AvgIpc) is 3.20. The summed E-state index contributed by atoms with van der Waals surface area (Å²) in [6.45, 7) is 11.0. The Bertz CT molecular complexity index is 872. The van der Waals surface area contributed by atoms with Crippen LogP contribution in [0.4, 0.5) is 16.6 Å². The molecule has 0 saturated carbocycles. The summed E-state index contributed by atoms with van der Waals surface area (Å²) in [4.78, 5) is 24.9. The number of H-pyrrole nitrogens is 1. The Kier molecular flexibility index (Phi) is 5.18. The summed E-state index contributed by atoms with van der Waals surface area (Å²) >= 11 is 0. The first-order chi connectivity index (χ1) is 13.0. The molecule has 0 aliphatic carbocycles. The molecule has 152 valence electrons. The molecule has 0 aromatic carbocycles. The number of rotatable bonds is 3. The van der Waals surface area contributed by atoms with Crippen LogP contribution in [0.5, 0.6) is 0 Å². The van der Waals surface area contributed by atoms with Gasteiger partial charge in [-0.2, -0.15) is 10.1 Å². The van der Waals surface area contributed by atoms with Crippen molar-refractivity contribution in [3.05, 3.63) is 17.3 Å². The van der Waals surface area contributed by atoms with Crippen LogP contribution in [0.3, 0.4) is 0 Å². The minimum absolute atomic E-state index is 0.0452. The molecular formula is C19H29N7O2. The van der Waals surface area contributed by atoms with Gasteiger partial charge in [-0.25, -0.2) is 9.78 Å². The van der Waals surface area contributed by atoms with Gasteiger partial charge in [-0.3, -0.25) is 5.10 Å². The molecule has 1 fully saturated rings. The number of ether oxygens (including phenoxy) is 1. The number of nitrogens with one attached hydrogen (secondary N) is 1. The Morgan fingerprint density at radius 1 is 1.36 bits per heavy atom. The summed E-state index contributed by atoms with van der Waals surface area (Å²) in [6, 6.07) is 1.94. The van der Waals surface area contributed by atoms with Crippen molar-refractivity contribution < 1.29 is 9.53 Å². The minimum atomic E-state index is -0.515. The van der Waals surface area contributed by atoms with E-state index in [1.54, 1.807) is 11.9 Å². The third kappa shape index (κ3) is 4.18. The van der Waals surface area contributed by atoms with Gasteiger partial charge in [0.25, 0.3) is 0 Å². The van der Waals surface area contributed by atoms with Gasteiger partial charge in [-0.15, -0.1) is 0 Å². The van der Waals surface area contributed by atoms with Gasteiger partial charge < -0.3 is 20.3 Å². The maximum Gasteiger partial charge on any atom is 0.410 e. The van der Waals surface area contributed by atoms with Gasteiger partial charge in [0.05, 0.1) is 11.7 Å². The normalized spacial score (nSPS) is 17.1. The first-order valence-corrected chi connectivity index (χ1v) is 9.42. The van der Waals surface area contributed by atoms with Crippen molar-refractivity contribution in [2.45, 2.75) is 52.7 Å². The molecule has 3 heterocycles. The van der Waals surface area contributed by atoms with E-state index >= 15 is 0 Å². The van der Waals surface area contributed by atoms with E-state index in [2.05, 4.69) is 25.1 Å². The number of aromatic nitrogens is 4. The maximum atomic E-state index is 12.3. The second-order valence-corrected chi connectivity index (χ2v) is 8.27. The molecule has 28 heavy (non-hydrogen) atoms. The highest BCUT2D eigenvalue weighted by atomic mass is 16.6. The van der Waals surface area contributed by atoms with Crippen molar-refractivity contribution >= 4 is 17.9 Å². The second-order valence-electron chi connectivity index (χ2n) is 8.27. The monoisotopic (exact) mass is 387 g/mol. The first kappa shape index (κ1) is 19.9. The van der Waals surface area contributed by atoms with Gasteiger partial charge in [0, 0.05) is 31.9 Å². The standard InChI is InChI=1S/C19H29N7O2/c1-11-12(2)23-24-16(11)14-9-15(22-17(20)21-14)26-8-7-13(10-26)25(6)18(27)28-19(3,4)5/h9,13H,7-8,10H2,1-6H3,(H,23,24)(H2,20,21,22)/t13-/m1/s1. The molecule has 1 amide bonds. The molecule has 3 N–H and O–H groups in total. The first-order valence-electron chi connectivity index (χ1n) is 9.42. The zero-order chi connectivity index (χ0) is 20.6. The third-order valence-electron chi connectivity index (χ3n) is 4.94. The van der Waals surface area contributed by atoms with Crippen LogP contribution >= 0.6 is 0 Å². The lowest BCUT2D eigenvalue weighted by atomic mass is 10.1. The number of hydrogen-bond acceptors (Lipinski definition) is 7. The van der Waals surface area contributed by atoms with Gasteiger partial charge in [0.1, 0.15) is 17.1 Å². The highest BCUT2D eigenvalue weighted by Crippen LogP contribution is 2.28. The SMILES string of the molecule is Cc1[nH]nc(-c2cc(N3CC[C@@H](N(C)C(=O)OC(C)(C)C)C3)nc(N)n2)c1C. The molecule has 3 rings (SSSR count). The van der Waals surface area contributed by atoms with Crippen LogP contribution in [0.2, 0.25) is 0 Å². The second kappa shape index (κ2) is 7.29. The maximum absolute atomic E-state index is 12.3. The van der Waals surface area contributed by atoms with Crippen molar-refractivity contribution in [3.63, 3.8) is 0 Å². The van der Waals surface area contributed by atoms with Crippen LogP contribution < -0.4 is 10.6 Å². The summed E-state index contributed by atoms with van der Waals surface area (Å²) in [6.07, 6.45) is 0.514. The van der Waals surface area contributed by atoms with E-state index < -0.39 is 5.60 Å². The number of likely N-dealkylation sites (N-methyl/N-ethyl adjacent to an activating group) is 1. The van der Waals surface area contributed by atoms with Crippen molar-refractivity contribution in [2.24, 2.45) is 0 Å². The van der Waals surface area contributed by atoms with E-state index in [0.717, 1.165) is 35.7 Å². The van der Waals surface area contributed by atoms with Crippen LogP contribution in [0.15, 0.2) is 6.07 Å². The Balaban J connectivity index is 1.77. The Morgan fingerprint density at radius 2 is 2.07 bits per heavy atom. The van der Waals surface area contributed by atoms with Crippen LogP contribution in [-0.2, 0) is 4.74 Å². The lowest BCUT2D eigenvalue weighted by Gasteiger charge is -2.28. The molecule has 1 aliphatic rings. The van der Waals surface area contributed by atoms with E-state index in [9.17, 15) is 4.79 Å². The Hall–Kier alpha value is -2.84. The molecule has 0 spiro atoms. The molecule has 2 aromatic heterocycles. The predicted octanol–water partition coefficient (Wildman–Crippen LogP) is 2.51. The average molecular weight is 387 g/mol. The summed E-state index contributed by atoms with van der Waals surface area (Å²) < 4.78 is 5.48. The number of anilines is 2. The lowest BCUT2D eigenvalue weighted by molar-refractivity contribution is 0.0238. The number of hydrogen-bond donors (Lipinski definition) is 2. The summed E-state index contributed by atoms with van der Waals surface area (Å²) in [5.41, 5.74) is 8.94. The molecule has 2 aromatic rings. The highest BCUT2D eigenvalue weighted by Gasteiger charge is 2.32. The molecule has 1 aliphatic heterocycles. The Morgan fingerprint density at radius 3 is 2.68 bits per heavy atom. The smallest absolute Gasteiger partial charge is 0.410 e. The topological polar surface area (TPSA) is 113 Å². The quantitative estimate of drug-likeness (QED) is 0.832. The largest absolute Gasteiger partial charge is 0.444 e. The van der Waals surface area contributed by atoms with Crippen LogP contribution in [-0.4, -0.2) is 62.9 Å². The number of amides is 1. The number of carbonyl (C=O) groups is 1. The van der Waals surface area contributed by atoms with Crippen molar-refractivity contribution in [1.82, 2.24) is 25.1 Å². The van der Waals surface area contributed by atoms with Crippen LogP contribution in [0.25, 0.3) is 11.4 Å². The number of nitrogens with two attached hydrogens (primary N) is 1. The molecule has 1 saturated heterocycles. The molecule has 0 bridgehead atoms. The van der Waals surface area contributed by atoms with Gasteiger partial charge in [-0.1, -0.05) is 0 Å². The minimum Gasteiger partial charge on any atom is -0.444 e. The molecule has 0 radical (unpaired) electrons. The number of aryl methyl sites for hydroxylation is 1. The van der Waals surface area contributed by atoms with Gasteiger partial charge in [0.2, 0.25) is 5.95 Å². The van der Waals surface area contributed by atoms with Crippen molar-refractivity contribution in [3.8, 4) is 11.4 Å². The molecule has 9 nitrogen and oxygen atoms in total. The zero-order valence-electron chi connectivity index (χ0n) is 17.4. The highest BCUT2D eigenvalue weighted by molar-refractivity contribution is 5.69. The number of carbonyl (C=O) groups excluding carboxylic acids is 1. The van der Waals surface area contributed by atoms with E-state index in [4.69, 9.17) is 10.5 Å². The molecule has 0 unspecified atom stereocenters. The van der Waals surface area contributed by atoms with E-state index in [1.807, 2.05) is 40.7 Å². The molecular weight excluding hydrogens is 358 g/mol. The van der Waals surface area contributed by atoms with Gasteiger partial charge in [-0.05, 0) is 46.6 Å². The molecule has 1 atom stereocenters. The fourth-order valence-corrected chi connectivity index (χ4v) is 3.22. The van der Waals surface area contributed by atoms with E-state index in [1.165, 1.54) is 0 Å². The number of nitrogen functional groups attached to an aromatic ring is 1. The predicted molar refractivity (Wildman–Crippen MR) is 108 cm³/mol. The van der Waals surface area contributed by atoms with Gasteiger partial charge >= 0.3 is 6.09 Å². The van der Waals surface area contributed by atoms with E-state index in [-0.39, 0.29) is 18.1 Å².